The number of fused-ring (bicyclic) bond motifs is 1. The van der Waals surface area contributed by atoms with Gasteiger partial charge in [0.05, 0.1) is 0 Å². The van der Waals surface area contributed by atoms with Crippen molar-refractivity contribution in [3.05, 3.63) is 47.5 Å². The van der Waals surface area contributed by atoms with E-state index in [0.29, 0.717) is 6.54 Å². The summed E-state index contributed by atoms with van der Waals surface area (Å²) in [5, 5.41) is 2.60. The molecule has 0 aromatic heterocycles. The van der Waals surface area contributed by atoms with Gasteiger partial charge in [-0.15, -0.1) is 0 Å². The Hall–Kier alpha value is -1.34. The average Bonchev–Trinajstić information content (AvgIpc) is 2.18. The molecular weight excluding hydrogens is 158 g/mol. The Bertz CT molecular complexity index is 432. The summed E-state index contributed by atoms with van der Waals surface area (Å²) in [6.07, 6.45) is 0. The third-order valence-corrected chi connectivity index (χ3v) is 2.40. The minimum absolute atomic E-state index is 0.615. The van der Waals surface area contributed by atoms with Gasteiger partial charge < -0.3 is 5.73 Å². The summed E-state index contributed by atoms with van der Waals surface area (Å²) in [7, 11) is 0. The molecule has 2 rings (SSSR count). The van der Waals surface area contributed by atoms with Crippen molar-refractivity contribution in [2.24, 2.45) is 5.73 Å². The molecule has 2 aromatic carbocycles. The van der Waals surface area contributed by atoms with E-state index in [4.69, 9.17) is 5.73 Å². The lowest BCUT2D eigenvalue weighted by molar-refractivity contribution is 1.08. The van der Waals surface area contributed by atoms with Gasteiger partial charge in [-0.3, -0.25) is 0 Å². The van der Waals surface area contributed by atoms with Crippen LogP contribution in [0.4, 0.5) is 0 Å². The summed E-state index contributed by atoms with van der Waals surface area (Å²) >= 11 is 0. The predicted octanol–water partition coefficient (Wildman–Crippen LogP) is 2.61. The molecule has 1 nitrogen and oxygen atoms in total. The van der Waals surface area contributed by atoms with Gasteiger partial charge >= 0.3 is 0 Å². The van der Waals surface area contributed by atoms with Gasteiger partial charge in [-0.25, -0.2) is 0 Å². The Morgan fingerprint density at radius 3 is 2.77 bits per heavy atom. The number of aryl methyl sites for hydroxylation is 1. The van der Waals surface area contributed by atoms with Gasteiger partial charge in [0.15, 0.2) is 0 Å². The molecule has 0 bridgehead atoms. The van der Waals surface area contributed by atoms with E-state index in [1.165, 1.54) is 21.9 Å². The van der Waals surface area contributed by atoms with Crippen molar-refractivity contribution in [3.63, 3.8) is 0 Å². The third-order valence-electron chi connectivity index (χ3n) is 2.40. The molecule has 13 heavy (non-hydrogen) atoms. The van der Waals surface area contributed by atoms with Crippen molar-refractivity contribution in [1.29, 1.82) is 0 Å². The van der Waals surface area contributed by atoms with Crippen LogP contribution in [-0.2, 0) is 6.54 Å². The first-order valence-corrected chi connectivity index (χ1v) is 4.49. The Morgan fingerprint density at radius 1 is 1.15 bits per heavy atom. The highest BCUT2D eigenvalue weighted by molar-refractivity contribution is 5.86. The van der Waals surface area contributed by atoms with Crippen LogP contribution in [0.2, 0.25) is 0 Å². The molecule has 0 saturated carbocycles. The maximum absolute atomic E-state index is 5.59. The number of hydrogen-bond acceptors (Lipinski definition) is 1. The van der Waals surface area contributed by atoms with Gasteiger partial charge in [-0.2, -0.15) is 0 Å². The van der Waals surface area contributed by atoms with Crippen LogP contribution in [-0.4, -0.2) is 0 Å². The van der Waals surface area contributed by atoms with E-state index in [2.05, 4.69) is 43.3 Å². The zero-order chi connectivity index (χ0) is 9.26. The van der Waals surface area contributed by atoms with Crippen LogP contribution in [0.1, 0.15) is 11.1 Å². The van der Waals surface area contributed by atoms with Crippen molar-refractivity contribution in [1.82, 2.24) is 0 Å². The van der Waals surface area contributed by atoms with Crippen molar-refractivity contribution in [2.45, 2.75) is 13.5 Å². The molecule has 0 amide bonds. The predicted molar refractivity (Wildman–Crippen MR) is 56.6 cm³/mol. The van der Waals surface area contributed by atoms with E-state index in [1.807, 2.05) is 0 Å². The second kappa shape index (κ2) is 3.19. The summed E-state index contributed by atoms with van der Waals surface area (Å²) in [5.74, 6) is 0. The fourth-order valence-corrected chi connectivity index (χ4v) is 1.60. The molecule has 0 saturated heterocycles. The maximum Gasteiger partial charge on any atom is 0.0178 e. The fraction of sp³-hybridized carbons (Fsp3) is 0.167. The van der Waals surface area contributed by atoms with Crippen LogP contribution < -0.4 is 5.73 Å². The third kappa shape index (κ3) is 1.43. The van der Waals surface area contributed by atoms with E-state index in [0.717, 1.165) is 0 Å². The van der Waals surface area contributed by atoms with Gasteiger partial charge in [0, 0.05) is 6.54 Å². The van der Waals surface area contributed by atoms with Gasteiger partial charge in [-0.1, -0.05) is 30.3 Å². The molecule has 1 heteroatoms. The highest BCUT2D eigenvalue weighted by Gasteiger charge is 1.96. The molecule has 0 aliphatic carbocycles. The number of rotatable bonds is 1. The SMILES string of the molecule is Cc1cccc2ccc(CN)cc12. The highest BCUT2D eigenvalue weighted by atomic mass is 14.5. The summed E-state index contributed by atoms with van der Waals surface area (Å²) < 4.78 is 0. The molecule has 0 heterocycles. The lowest BCUT2D eigenvalue weighted by Gasteiger charge is -2.03. The van der Waals surface area contributed by atoms with E-state index in [9.17, 15) is 0 Å². The first kappa shape index (κ1) is 8.27. The van der Waals surface area contributed by atoms with Gasteiger partial charge in [0.2, 0.25) is 0 Å². The first-order valence-electron chi connectivity index (χ1n) is 4.49. The normalized spacial score (nSPS) is 10.6. The van der Waals surface area contributed by atoms with Crippen LogP contribution >= 0.6 is 0 Å². The van der Waals surface area contributed by atoms with Gasteiger partial charge in [0.1, 0.15) is 0 Å². The molecule has 2 N–H and O–H groups in total. The summed E-state index contributed by atoms with van der Waals surface area (Å²) in [4.78, 5) is 0. The number of nitrogens with two attached hydrogens (primary N) is 1. The zero-order valence-electron chi connectivity index (χ0n) is 7.75. The Balaban J connectivity index is 2.74. The topological polar surface area (TPSA) is 26.0 Å². The number of hydrogen-bond donors (Lipinski definition) is 1. The van der Waals surface area contributed by atoms with Gasteiger partial charge in [0.25, 0.3) is 0 Å². The quantitative estimate of drug-likeness (QED) is 0.701. The highest BCUT2D eigenvalue weighted by Crippen LogP contribution is 2.19. The van der Waals surface area contributed by atoms with E-state index < -0.39 is 0 Å². The molecule has 0 atom stereocenters. The van der Waals surface area contributed by atoms with E-state index in [-0.39, 0.29) is 0 Å². The molecule has 66 valence electrons. The lowest BCUT2D eigenvalue weighted by Crippen LogP contribution is -1.95. The van der Waals surface area contributed by atoms with E-state index in [1.54, 1.807) is 0 Å². The van der Waals surface area contributed by atoms with Crippen LogP contribution in [0.25, 0.3) is 10.8 Å². The summed E-state index contributed by atoms with van der Waals surface area (Å²) in [5.41, 5.74) is 8.10. The molecular formula is C12H13N. The average molecular weight is 171 g/mol. The van der Waals surface area contributed by atoms with Crippen LogP contribution in [0.15, 0.2) is 36.4 Å². The molecule has 2 aromatic rings. The summed E-state index contributed by atoms with van der Waals surface area (Å²) in [6, 6.07) is 12.7. The Labute approximate surface area is 78.2 Å². The van der Waals surface area contributed by atoms with E-state index >= 15 is 0 Å². The minimum atomic E-state index is 0.615. The second-order valence-electron chi connectivity index (χ2n) is 3.33. The molecule has 0 fully saturated rings. The zero-order valence-corrected chi connectivity index (χ0v) is 7.75. The summed E-state index contributed by atoms with van der Waals surface area (Å²) in [6.45, 7) is 2.74. The maximum atomic E-state index is 5.59. The fourth-order valence-electron chi connectivity index (χ4n) is 1.60. The lowest BCUT2D eigenvalue weighted by atomic mass is 10.0. The molecule has 0 radical (unpaired) electrons. The van der Waals surface area contributed by atoms with Crippen molar-refractivity contribution < 1.29 is 0 Å². The monoisotopic (exact) mass is 171 g/mol. The first-order chi connectivity index (χ1) is 6.31. The molecule has 0 aliphatic rings. The van der Waals surface area contributed by atoms with Crippen LogP contribution in [0.3, 0.4) is 0 Å². The second-order valence-corrected chi connectivity index (χ2v) is 3.33. The molecule has 0 aliphatic heterocycles. The van der Waals surface area contributed by atoms with Gasteiger partial charge in [-0.05, 0) is 34.9 Å². The number of benzene rings is 2. The van der Waals surface area contributed by atoms with Crippen molar-refractivity contribution >= 4 is 10.8 Å². The van der Waals surface area contributed by atoms with Crippen molar-refractivity contribution in [2.75, 3.05) is 0 Å². The Kier molecular flexibility index (Phi) is 2.03. The standard InChI is InChI=1S/C12H13N/c1-9-3-2-4-11-6-5-10(8-13)7-12(9)11/h2-7H,8,13H2,1H3. The largest absolute Gasteiger partial charge is 0.326 e. The van der Waals surface area contributed by atoms with Crippen molar-refractivity contribution in [3.8, 4) is 0 Å². The minimum Gasteiger partial charge on any atom is -0.326 e. The van der Waals surface area contributed by atoms with Crippen LogP contribution in [0, 0.1) is 6.92 Å². The smallest absolute Gasteiger partial charge is 0.0178 e. The Morgan fingerprint density at radius 2 is 2.00 bits per heavy atom. The molecule has 0 spiro atoms. The van der Waals surface area contributed by atoms with Crippen LogP contribution in [0.5, 0.6) is 0 Å². The molecule has 0 unspecified atom stereocenters.